The molecule has 1 aliphatic heterocycles. The molecule has 3 heterocycles. The van der Waals surface area contributed by atoms with Crippen LogP contribution in [0.25, 0.3) is 33.5 Å². The van der Waals surface area contributed by atoms with Crippen molar-refractivity contribution in [1.82, 2.24) is 14.5 Å². The highest BCUT2D eigenvalue weighted by Crippen LogP contribution is 2.33. The molecule has 1 atom stereocenters. The summed E-state index contributed by atoms with van der Waals surface area (Å²) in [6.07, 6.45) is 5.68. The van der Waals surface area contributed by atoms with Crippen LogP contribution in [0.1, 0.15) is 36.9 Å². The summed E-state index contributed by atoms with van der Waals surface area (Å²) in [5, 5.41) is 1.07. The summed E-state index contributed by atoms with van der Waals surface area (Å²) in [7, 11) is 0. The summed E-state index contributed by atoms with van der Waals surface area (Å²) in [5.74, 6) is 1.74. The third-order valence-electron chi connectivity index (χ3n) is 7.85. The van der Waals surface area contributed by atoms with E-state index in [1.807, 2.05) is 47.6 Å². The van der Waals surface area contributed by atoms with Crippen molar-refractivity contribution in [1.29, 1.82) is 0 Å². The van der Waals surface area contributed by atoms with Gasteiger partial charge in [-0.05, 0) is 74.8 Å². The van der Waals surface area contributed by atoms with E-state index in [1.165, 1.54) is 0 Å². The second-order valence-electron chi connectivity index (χ2n) is 10.4. The number of hydrogen-bond acceptors (Lipinski definition) is 4. The molecule has 0 unspecified atom stereocenters. The van der Waals surface area contributed by atoms with Crippen LogP contribution in [0.4, 0.5) is 0 Å². The zero-order chi connectivity index (χ0) is 24.8. The van der Waals surface area contributed by atoms with Crippen molar-refractivity contribution in [2.24, 2.45) is 11.8 Å². The molecule has 0 radical (unpaired) electrons. The minimum atomic E-state index is 0.0240. The van der Waals surface area contributed by atoms with Crippen molar-refractivity contribution < 1.29 is 9.21 Å². The largest absolute Gasteiger partial charge is 0.464 e. The molecule has 4 aromatic rings. The highest BCUT2D eigenvalue weighted by Gasteiger charge is 2.36. The lowest BCUT2D eigenvalue weighted by atomic mass is 10.0. The van der Waals surface area contributed by atoms with Gasteiger partial charge in [0.15, 0.2) is 0 Å². The summed E-state index contributed by atoms with van der Waals surface area (Å²) in [5.41, 5.74) is 5.51. The number of aromatic nitrogens is 2. The van der Waals surface area contributed by atoms with Gasteiger partial charge in [0.1, 0.15) is 11.4 Å². The Balaban J connectivity index is 1.24. The number of aryl methyl sites for hydroxylation is 1. The van der Waals surface area contributed by atoms with Crippen molar-refractivity contribution in [3.05, 3.63) is 76.4 Å². The lowest BCUT2D eigenvalue weighted by molar-refractivity contribution is -0.131. The van der Waals surface area contributed by atoms with Gasteiger partial charge >= 0.3 is 0 Å². The first-order valence-electron chi connectivity index (χ1n) is 12.9. The first-order valence-corrected chi connectivity index (χ1v) is 12.9. The quantitative estimate of drug-likeness (QED) is 0.360. The number of likely N-dealkylation sites (tertiary alicyclic amines) is 1. The molecule has 6 heteroatoms. The fourth-order valence-electron chi connectivity index (χ4n) is 5.31. The standard InChI is InChI=1S/C30H31N3O3/c1-19-20(2)31-28(23-5-3-22(4-6-23)25-9-10-27-26(17-25)13-16-36-27)33(29(19)34)15-12-21-11-14-32(18-21)30(35)24-7-8-24/h3-6,9-10,13,16-17,21,24H,7-8,11-12,14-15,18H2,1-2H3/t21-/m0/s1. The van der Waals surface area contributed by atoms with Gasteiger partial charge in [0.25, 0.3) is 5.56 Å². The molecular weight excluding hydrogens is 450 g/mol. The highest BCUT2D eigenvalue weighted by molar-refractivity contribution is 5.84. The molecule has 0 bridgehead atoms. The van der Waals surface area contributed by atoms with E-state index in [0.717, 1.165) is 72.1 Å². The lowest BCUT2D eigenvalue weighted by Gasteiger charge is -2.18. The van der Waals surface area contributed by atoms with Crippen LogP contribution >= 0.6 is 0 Å². The Morgan fingerprint density at radius 1 is 1.00 bits per heavy atom. The molecule has 36 heavy (non-hydrogen) atoms. The first kappa shape index (κ1) is 22.8. The number of amides is 1. The fourth-order valence-corrected chi connectivity index (χ4v) is 5.31. The van der Waals surface area contributed by atoms with Crippen molar-refractivity contribution in [3.63, 3.8) is 0 Å². The van der Waals surface area contributed by atoms with Gasteiger partial charge in [-0.2, -0.15) is 0 Å². The summed E-state index contributed by atoms with van der Waals surface area (Å²) in [6.45, 7) is 6.02. The van der Waals surface area contributed by atoms with Crippen LogP contribution in [0, 0.1) is 25.7 Å². The number of benzene rings is 2. The average molecular weight is 482 g/mol. The molecule has 2 aromatic carbocycles. The Hall–Kier alpha value is -3.67. The van der Waals surface area contributed by atoms with Crippen LogP contribution in [0.15, 0.2) is 64.0 Å². The van der Waals surface area contributed by atoms with Gasteiger partial charge in [-0.15, -0.1) is 0 Å². The molecule has 0 N–H and O–H groups in total. The average Bonchev–Trinajstić information content (AvgIpc) is 3.45. The summed E-state index contributed by atoms with van der Waals surface area (Å²) >= 11 is 0. The number of hydrogen-bond donors (Lipinski definition) is 0. The molecule has 6 nitrogen and oxygen atoms in total. The van der Waals surface area contributed by atoms with E-state index in [1.54, 1.807) is 6.26 Å². The minimum Gasteiger partial charge on any atom is -0.464 e. The Morgan fingerprint density at radius 3 is 2.53 bits per heavy atom. The number of rotatable bonds is 6. The van der Waals surface area contributed by atoms with Gasteiger partial charge in [0.05, 0.1) is 6.26 Å². The molecule has 2 aromatic heterocycles. The molecule has 1 saturated carbocycles. The monoisotopic (exact) mass is 481 g/mol. The van der Waals surface area contributed by atoms with Crippen LogP contribution in [-0.4, -0.2) is 33.4 Å². The normalized spacial score (nSPS) is 17.7. The first-order chi connectivity index (χ1) is 17.5. The number of fused-ring (bicyclic) bond motifs is 1. The molecule has 1 aliphatic carbocycles. The van der Waals surface area contributed by atoms with E-state index in [9.17, 15) is 9.59 Å². The van der Waals surface area contributed by atoms with Crippen LogP contribution in [0.2, 0.25) is 0 Å². The SMILES string of the molecule is Cc1nc(-c2ccc(-c3ccc4occc4c3)cc2)n(CC[C@@H]2CCN(C(=O)C3CC3)C2)c(=O)c1C. The van der Waals surface area contributed by atoms with Crippen LogP contribution in [0.5, 0.6) is 0 Å². The predicted octanol–water partition coefficient (Wildman–Crippen LogP) is 5.59. The smallest absolute Gasteiger partial charge is 0.256 e. The number of nitrogens with zero attached hydrogens (tertiary/aromatic N) is 3. The maximum atomic E-state index is 13.3. The zero-order valence-electron chi connectivity index (χ0n) is 20.9. The molecule has 6 rings (SSSR count). The Morgan fingerprint density at radius 2 is 1.75 bits per heavy atom. The van der Waals surface area contributed by atoms with Crippen LogP contribution in [0.3, 0.4) is 0 Å². The fraction of sp³-hybridized carbons (Fsp3) is 0.367. The topological polar surface area (TPSA) is 68.3 Å². The predicted molar refractivity (Wildman–Crippen MR) is 141 cm³/mol. The molecule has 1 saturated heterocycles. The van der Waals surface area contributed by atoms with E-state index >= 15 is 0 Å². The van der Waals surface area contributed by atoms with E-state index in [-0.39, 0.29) is 11.5 Å². The highest BCUT2D eigenvalue weighted by atomic mass is 16.3. The van der Waals surface area contributed by atoms with E-state index in [2.05, 4.69) is 24.3 Å². The second kappa shape index (κ2) is 9.08. The molecule has 2 fully saturated rings. The minimum absolute atomic E-state index is 0.0240. The second-order valence-corrected chi connectivity index (χ2v) is 10.4. The van der Waals surface area contributed by atoms with Gasteiger partial charge in [-0.3, -0.25) is 14.2 Å². The Bertz CT molecular complexity index is 1490. The van der Waals surface area contributed by atoms with Crippen molar-refractivity contribution in [2.45, 2.75) is 46.1 Å². The van der Waals surface area contributed by atoms with Crippen molar-refractivity contribution >= 4 is 16.9 Å². The summed E-state index contributed by atoms with van der Waals surface area (Å²) < 4.78 is 7.29. The summed E-state index contributed by atoms with van der Waals surface area (Å²) in [4.78, 5) is 32.6. The number of carbonyl (C=O) groups is 1. The third kappa shape index (κ3) is 4.25. The van der Waals surface area contributed by atoms with Gasteiger partial charge in [0.2, 0.25) is 5.91 Å². The van der Waals surface area contributed by atoms with Gasteiger partial charge in [0, 0.05) is 47.8 Å². The number of furan rings is 1. The van der Waals surface area contributed by atoms with E-state index in [0.29, 0.717) is 29.8 Å². The van der Waals surface area contributed by atoms with Gasteiger partial charge in [-0.25, -0.2) is 4.98 Å². The summed E-state index contributed by atoms with van der Waals surface area (Å²) in [6, 6.07) is 16.4. The van der Waals surface area contributed by atoms with Crippen LogP contribution in [-0.2, 0) is 11.3 Å². The molecule has 2 aliphatic rings. The van der Waals surface area contributed by atoms with Gasteiger partial charge < -0.3 is 9.32 Å². The number of carbonyl (C=O) groups excluding carboxylic acids is 1. The zero-order valence-corrected chi connectivity index (χ0v) is 20.9. The Kier molecular flexibility index (Phi) is 5.75. The molecule has 0 spiro atoms. The van der Waals surface area contributed by atoms with E-state index in [4.69, 9.17) is 9.40 Å². The maximum absolute atomic E-state index is 13.3. The molecule has 1 amide bonds. The molecular formula is C30H31N3O3. The van der Waals surface area contributed by atoms with E-state index < -0.39 is 0 Å². The van der Waals surface area contributed by atoms with Gasteiger partial charge in [-0.1, -0.05) is 30.3 Å². The third-order valence-corrected chi connectivity index (χ3v) is 7.85. The maximum Gasteiger partial charge on any atom is 0.256 e. The Labute approximate surface area is 210 Å². The van der Waals surface area contributed by atoms with Crippen molar-refractivity contribution in [3.8, 4) is 22.5 Å². The lowest BCUT2D eigenvalue weighted by Crippen LogP contribution is -2.30. The molecule has 184 valence electrons. The van der Waals surface area contributed by atoms with Crippen molar-refractivity contribution in [2.75, 3.05) is 13.1 Å². The van der Waals surface area contributed by atoms with Crippen LogP contribution < -0.4 is 5.56 Å².